The lowest BCUT2D eigenvalue weighted by Gasteiger charge is -2.28. The fourth-order valence-electron chi connectivity index (χ4n) is 4.64. The maximum atomic E-state index is 12.9. The van der Waals surface area contributed by atoms with Crippen LogP contribution in [0.5, 0.6) is 0 Å². The summed E-state index contributed by atoms with van der Waals surface area (Å²) in [5.74, 6) is 0.0661. The zero-order valence-electron chi connectivity index (χ0n) is 18.0. The molecule has 2 amide bonds. The number of pyridine rings is 1. The molecule has 0 radical (unpaired) electrons. The molecule has 3 atom stereocenters. The van der Waals surface area contributed by atoms with E-state index in [0.29, 0.717) is 23.7 Å². The van der Waals surface area contributed by atoms with Gasteiger partial charge >= 0.3 is 0 Å². The third-order valence-corrected chi connectivity index (χ3v) is 6.60. The van der Waals surface area contributed by atoms with E-state index >= 15 is 0 Å². The van der Waals surface area contributed by atoms with Crippen LogP contribution >= 0.6 is 11.6 Å². The van der Waals surface area contributed by atoms with Crippen molar-refractivity contribution >= 4 is 29.2 Å². The molecule has 4 rings (SSSR count). The second-order valence-electron chi connectivity index (χ2n) is 9.29. The second-order valence-corrected chi connectivity index (χ2v) is 9.70. The molecule has 0 saturated heterocycles. The molecule has 9 heteroatoms. The molecule has 2 unspecified atom stereocenters. The lowest BCUT2D eigenvalue weighted by Crippen LogP contribution is -2.40. The first kappa shape index (κ1) is 21.8. The first-order valence-electron chi connectivity index (χ1n) is 10.6. The highest BCUT2D eigenvalue weighted by Crippen LogP contribution is 2.44. The molecule has 3 N–H and O–H groups in total. The quantitative estimate of drug-likeness (QED) is 0.668. The van der Waals surface area contributed by atoms with Gasteiger partial charge in [0.25, 0.3) is 0 Å². The highest BCUT2D eigenvalue weighted by atomic mass is 35.5. The standard InChI is InChI=1S/C22H28ClN5O3/c1-12(29)26-14-6-4-5-13(7-14)20(30)27-19-8-15(17(23)11-24-19)16-10-25-28-18(16)9-22(2,3)21(28)31/h8,10-11,13-14,21,31H,4-7,9H2,1-3H3,(H,26,29)(H,24,27,30)/t13-,14?,21?/m1/s1. The van der Waals surface area contributed by atoms with Gasteiger partial charge in [0.05, 0.1) is 16.9 Å². The Balaban J connectivity index is 1.53. The highest BCUT2D eigenvalue weighted by Gasteiger charge is 2.40. The van der Waals surface area contributed by atoms with E-state index in [-0.39, 0.29) is 29.2 Å². The zero-order chi connectivity index (χ0) is 22.3. The van der Waals surface area contributed by atoms with Crippen LogP contribution in [0.15, 0.2) is 18.5 Å². The molecule has 0 bridgehead atoms. The molecule has 3 heterocycles. The van der Waals surface area contributed by atoms with E-state index in [1.165, 1.54) is 13.1 Å². The average molecular weight is 446 g/mol. The van der Waals surface area contributed by atoms with Crippen LogP contribution in [0.2, 0.25) is 5.02 Å². The summed E-state index contributed by atoms with van der Waals surface area (Å²) in [6.07, 6.45) is 6.37. The summed E-state index contributed by atoms with van der Waals surface area (Å²) in [5.41, 5.74) is 2.14. The Morgan fingerprint density at radius 3 is 2.77 bits per heavy atom. The molecule has 1 saturated carbocycles. The van der Waals surface area contributed by atoms with Crippen LogP contribution in [0, 0.1) is 11.3 Å². The molecule has 1 aliphatic carbocycles. The number of carbonyl (C=O) groups is 2. The maximum absolute atomic E-state index is 12.9. The largest absolute Gasteiger partial charge is 0.371 e. The van der Waals surface area contributed by atoms with Gasteiger partial charge in [-0.05, 0) is 31.7 Å². The fourth-order valence-corrected chi connectivity index (χ4v) is 4.85. The topological polar surface area (TPSA) is 109 Å². The van der Waals surface area contributed by atoms with Gasteiger partial charge in [0, 0.05) is 41.6 Å². The summed E-state index contributed by atoms with van der Waals surface area (Å²) in [6.45, 7) is 5.49. The predicted molar refractivity (Wildman–Crippen MR) is 117 cm³/mol. The molecular formula is C22H28ClN5O3. The number of fused-ring (bicyclic) bond motifs is 1. The van der Waals surface area contributed by atoms with Crippen molar-refractivity contribution in [3.63, 3.8) is 0 Å². The smallest absolute Gasteiger partial charge is 0.228 e. The van der Waals surface area contributed by atoms with Crippen LogP contribution in [0.3, 0.4) is 0 Å². The van der Waals surface area contributed by atoms with Crippen molar-refractivity contribution in [1.82, 2.24) is 20.1 Å². The Morgan fingerprint density at radius 2 is 2.03 bits per heavy atom. The van der Waals surface area contributed by atoms with Crippen molar-refractivity contribution < 1.29 is 14.7 Å². The number of aliphatic hydroxyl groups excluding tert-OH is 1. The number of hydrogen-bond donors (Lipinski definition) is 3. The van der Waals surface area contributed by atoms with Crippen LogP contribution in [0.25, 0.3) is 11.1 Å². The van der Waals surface area contributed by atoms with Crippen LogP contribution in [-0.4, -0.2) is 37.7 Å². The first-order chi connectivity index (χ1) is 14.7. The van der Waals surface area contributed by atoms with Gasteiger partial charge in [0.15, 0.2) is 6.23 Å². The van der Waals surface area contributed by atoms with E-state index in [9.17, 15) is 14.7 Å². The molecule has 31 heavy (non-hydrogen) atoms. The number of anilines is 1. The molecule has 2 aromatic heterocycles. The highest BCUT2D eigenvalue weighted by molar-refractivity contribution is 6.33. The van der Waals surface area contributed by atoms with E-state index in [1.54, 1.807) is 16.9 Å². The maximum Gasteiger partial charge on any atom is 0.228 e. The van der Waals surface area contributed by atoms with Gasteiger partial charge in [0.2, 0.25) is 11.8 Å². The average Bonchev–Trinajstić information content (AvgIpc) is 3.20. The first-order valence-corrected chi connectivity index (χ1v) is 11.0. The van der Waals surface area contributed by atoms with E-state index in [2.05, 4.69) is 20.7 Å². The molecule has 166 valence electrons. The molecule has 0 spiro atoms. The summed E-state index contributed by atoms with van der Waals surface area (Å²) in [7, 11) is 0. The number of nitrogens with one attached hydrogen (secondary N) is 2. The third kappa shape index (κ3) is 4.32. The summed E-state index contributed by atoms with van der Waals surface area (Å²) >= 11 is 6.43. The Hall–Kier alpha value is -2.45. The second kappa shape index (κ2) is 8.24. The minimum absolute atomic E-state index is 0.0283. The number of nitrogens with zero attached hydrogens (tertiary/aromatic N) is 3. The molecule has 0 aromatic carbocycles. The molecule has 2 aromatic rings. The molecule has 2 aliphatic rings. The van der Waals surface area contributed by atoms with E-state index in [0.717, 1.165) is 36.1 Å². The molecule has 8 nitrogen and oxygen atoms in total. The normalized spacial score (nSPS) is 24.5. The molecule has 1 aliphatic heterocycles. The number of rotatable bonds is 4. The van der Waals surface area contributed by atoms with Crippen LogP contribution in [0.1, 0.15) is 58.4 Å². The van der Waals surface area contributed by atoms with Gasteiger partial charge in [-0.15, -0.1) is 0 Å². The van der Waals surface area contributed by atoms with Gasteiger partial charge in [-0.3, -0.25) is 9.59 Å². The number of carbonyl (C=O) groups excluding carboxylic acids is 2. The van der Waals surface area contributed by atoms with Gasteiger partial charge in [0.1, 0.15) is 5.82 Å². The Kier molecular flexibility index (Phi) is 5.79. The van der Waals surface area contributed by atoms with Crippen molar-refractivity contribution in [2.24, 2.45) is 11.3 Å². The van der Waals surface area contributed by atoms with Crippen LogP contribution < -0.4 is 10.6 Å². The summed E-state index contributed by atoms with van der Waals surface area (Å²) < 4.78 is 1.63. The monoisotopic (exact) mass is 445 g/mol. The Morgan fingerprint density at radius 1 is 1.26 bits per heavy atom. The lowest BCUT2D eigenvalue weighted by molar-refractivity contribution is -0.123. The fraction of sp³-hybridized carbons (Fsp3) is 0.545. The minimum atomic E-state index is -0.695. The van der Waals surface area contributed by atoms with Crippen molar-refractivity contribution in [3.8, 4) is 11.1 Å². The number of halogens is 1. The van der Waals surface area contributed by atoms with Crippen molar-refractivity contribution in [2.75, 3.05) is 5.32 Å². The number of hydrogen-bond acceptors (Lipinski definition) is 5. The van der Waals surface area contributed by atoms with E-state index in [4.69, 9.17) is 11.6 Å². The number of amides is 2. The van der Waals surface area contributed by atoms with Crippen LogP contribution in [-0.2, 0) is 16.0 Å². The Bertz CT molecular complexity index is 1020. The lowest BCUT2D eigenvalue weighted by atomic mass is 9.85. The Labute approximate surface area is 186 Å². The van der Waals surface area contributed by atoms with E-state index < -0.39 is 6.23 Å². The van der Waals surface area contributed by atoms with Crippen molar-refractivity contribution in [2.45, 2.75) is 65.1 Å². The number of aromatic nitrogens is 3. The molecule has 1 fully saturated rings. The molecular weight excluding hydrogens is 418 g/mol. The van der Waals surface area contributed by atoms with E-state index in [1.807, 2.05) is 13.8 Å². The van der Waals surface area contributed by atoms with Gasteiger partial charge in [-0.2, -0.15) is 5.10 Å². The van der Waals surface area contributed by atoms with Crippen molar-refractivity contribution in [3.05, 3.63) is 29.2 Å². The minimum Gasteiger partial charge on any atom is -0.371 e. The van der Waals surface area contributed by atoms with Crippen LogP contribution in [0.4, 0.5) is 5.82 Å². The van der Waals surface area contributed by atoms with Gasteiger partial charge < -0.3 is 15.7 Å². The summed E-state index contributed by atoms with van der Waals surface area (Å²) in [4.78, 5) is 28.5. The van der Waals surface area contributed by atoms with Crippen molar-refractivity contribution in [1.29, 1.82) is 0 Å². The summed E-state index contributed by atoms with van der Waals surface area (Å²) in [5, 5.41) is 21.1. The predicted octanol–water partition coefficient (Wildman–Crippen LogP) is 3.31. The summed E-state index contributed by atoms with van der Waals surface area (Å²) in [6, 6.07) is 1.78. The van der Waals surface area contributed by atoms with Gasteiger partial charge in [-0.25, -0.2) is 9.67 Å². The third-order valence-electron chi connectivity index (χ3n) is 6.30. The zero-order valence-corrected chi connectivity index (χ0v) is 18.7. The SMILES string of the molecule is CC(=O)NC1CCC[C@@H](C(=O)Nc2cc(-c3cnn4c3CC(C)(C)C4O)c(Cl)cn2)C1. The van der Waals surface area contributed by atoms with Gasteiger partial charge in [-0.1, -0.05) is 31.9 Å². The number of aliphatic hydroxyl groups is 1.